The fraction of sp³-hybridized carbons (Fsp3) is 0.143. The Kier molecular flexibility index (Phi) is 4.90. The molecule has 142 valence electrons. The lowest BCUT2D eigenvalue weighted by atomic mass is 10.1. The van der Waals surface area contributed by atoms with Crippen molar-refractivity contribution in [3.8, 4) is 10.6 Å². The Bertz CT molecular complexity index is 978. The molecule has 0 unspecified atom stereocenters. The van der Waals surface area contributed by atoms with Gasteiger partial charge in [0.2, 0.25) is 10.1 Å². The highest BCUT2D eigenvalue weighted by atomic mass is 32.1. The number of nitrogens with one attached hydrogen (secondary N) is 1. The number of carbonyl (C=O) groups is 1. The van der Waals surface area contributed by atoms with Crippen LogP contribution in [0.2, 0.25) is 0 Å². The minimum absolute atomic E-state index is 0.142. The van der Waals surface area contributed by atoms with E-state index in [1.54, 1.807) is 0 Å². The van der Waals surface area contributed by atoms with Gasteiger partial charge in [0.15, 0.2) is 0 Å². The molecule has 3 aromatic rings. The van der Waals surface area contributed by atoms with Crippen LogP contribution in [0.25, 0.3) is 10.6 Å². The van der Waals surface area contributed by atoms with E-state index in [4.69, 9.17) is 0 Å². The van der Waals surface area contributed by atoms with Crippen molar-refractivity contribution in [3.05, 3.63) is 45.9 Å². The minimum atomic E-state index is -4.68. The van der Waals surface area contributed by atoms with Gasteiger partial charge in [0.1, 0.15) is 10.7 Å². The number of anilines is 1. The Morgan fingerprint density at radius 2 is 1.78 bits per heavy atom. The second kappa shape index (κ2) is 6.88. The van der Waals surface area contributed by atoms with Crippen molar-refractivity contribution in [2.75, 3.05) is 5.32 Å². The summed E-state index contributed by atoms with van der Waals surface area (Å²) in [4.78, 5) is 16.0. The fourth-order valence-corrected chi connectivity index (χ4v) is 3.29. The van der Waals surface area contributed by atoms with Crippen LogP contribution in [0.5, 0.6) is 0 Å². The van der Waals surface area contributed by atoms with Crippen LogP contribution in [0.1, 0.15) is 21.1 Å². The van der Waals surface area contributed by atoms with Crippen molar-refractivity contribution in [2.45, 2.75) is 12.4 Å². The number of rotatable bonds is 3. The lowest BCUT2D eigenvalue weighted by molar-refractivity contribution is -0.138. The van der Waals surface area contributed by atoms with Crippen molar-refractivity contribution >= 4 is 33.7 Å². The quantitative estimate of drug-likeness (QED) is 0.604. The summed E-state index contributed by atoms with van der Waals surface area (Å²) in [5.41, 5.74) is -0.880. The molecule has 2 aromatic heterocycles. The van der Waals surface area contributed by atoms with Crippen LogP contribution >= 0.6 is 22.7 Å². The molecule has 27 heavy (non-hydrogen) atoms. The molecule has 3 rings (SSSR count). The zero-order valence-corrected chi connectivity index (χ0v) is 14.4. The SMILES string of the molecule is O=C(Nc1nnc(C(F)(F)F)s1)c1csc(-c2cccc(C(F)(F)F)c2)n1. The van der Waals surface area contributed by atoms with Gasteiger partial charge in [-0.2, -0.15) is 26.3 Å². The summed E-state index contributed by atoms with van der Waals surface area (Å²) in [7, 11) is 0. The van der Waals surface area contributed by atoms with Gasteiger partial charge in [0.05, 0.1) is 5.56 Å². The van der Waals surface area contributed by atoms with E-state index in [2.05, 4.69) is 20.5 Å². The van der Waals surface area contributed by atoms with E-state index >= 15 is 0 Å². The highest BCUT2D eigenvalue weighted by Gasteiger charge is 2.36. The molecule has 5 nitrogen and oxygen atoms in total. The summed E-state index contributed by atoms with van der Waals surface area (Å²) in [5, 5.41) is 8.10. The Morgan fingerprint density at radius 1 is 1.04 bits per heavy atom. The summed E-state index contributed by atoms with van der Waals surface area (Å²) in [5.74, 6) is -0.852. The number of thiazole rings is 1. The maximum Gasteiger partial charge on any atom is 0.445 e. The van der Waals surface area contributed by atoms with Gasteiger partial charge in [-0.3, -0.25) is 10.1 Å². The highest BCUT2D eigenvalue weighted by Crippen LogP contribution is 2.34. The van der Waals surface area contributed by atoms with Crippen LogP contribution in [0.4, 0.5) is 31.5 Å². The van der Waals surface area contributed by atoms with Crippen LogP contribution in [0, 0.1) is 0 Å². The molecule has 13 heteroatoms. The van der Waals surface area contributed by atoms with Gasteiger partial charge < -0.3 is 0 Å². The van der Waals surface area contributed by atoms with E-state index in [-0.39, 0.29) is 32.7 Å². The number of benzene rings is 1. The molecule has 2 heterocycles. The van der Waals surface area contributed by atoms with Crippen LogP contribution in [-0.4, -0.2) is 21.1 Å². The number of carbonyl (C=O) groups excluding carboxylic acids is 1. The lowest BCUT2D eigenvalue weighted by Crippen LogP contribution is -2.12. The third kappa shape index (κ3) is 4.42. The van der Waals surface area contributed by atoms with Crippen LogP contribution in [0.3, 0.4) is 0 Å². The first-order chi connectivity index (χ1) is 12.5. The average Bonchev–Trinajstić information content (AvgIpc) is 3.23. The average molecular weight is 424 g/mol. The van der Waals surface area contributed by atoms with Gasteiger partial charge in [-0.05, 0) is 12.1 Å². The third-order valence-corrected chi connectivity index (χ3v) is 4.84. The molecule has 1 N–H and O–H groups in total. The molecule has 0 aliphatic carbocycles. The van der Waals surface area contributed by atoms with Crippen molar-refractivity contribution in [2.24, 2.45) is 0 Å². The molecule has 0 spiro atoms. The second-order valence-corrected chi connectivity index (χ2v) is 6.82. The lowest BCUT2D eigenvalue weighted by Gasteiger charge is -2.07. The summed E-state index contributed by atoms with van der Waals surface area (Å²) in [6, 6.07) is 4.40. The maximum absolute atomic E-state index is 12.8. The molecule has 1 aromatic carbocycles. The molecular formula is C14H6F6N4OS2. The predicted octanol–water partition coefficient (Wildman–Crippen LogP) is 4.95. The van der Waals surface area contributed by atoms with Crippen molar-refractivity contribution in [3.63, 3.8) is 0 Å². The number of amides is 1. The Hall–Kier alpha value is -2.54. The summed E-state index contributed by atoms with van der Waals surface area (Å²) < 4.78 is 75.7. The van der Waals surface area contributed by atoms with E-state index in [1.165, 1.54) is 17.5 Å². The van der Waals surface area contributed by atoms with Crippen LogP contribution in [-0.2, 0) is 12.4 Å². The van der Waals surface area contributed by atoms with Crippen LogP contribution in [0.15, 0.2) is 29.6 Å². The summed E-state index contributed by atoms with van der Waals surface area (Å²) in [6.45, 7) is 0. The first-order valence-electron chi connectivity index (χ1n) is 6.89. The van der Waals surface area contributed by atoms with Crippen molar-refractivity contribution in [1.82, 2.24) is 15.2 Å². The molecule has 0 atom stereocenters. The molecule has 0 saturated carbocycles. The largest absolute Gasteiger partial charge is 0.445 e. The smallest absolute Gasteiger partial charge is 0.295 e. The van der Waals surface area contributed by atoms with Gasteiger partial charge >= 0.3 is 12.4 Å². The molecule has 0 aliphatic rings. The van der Waals surface area contributed by atoms with E-state index in [9.17, 15) is 31.1 Å². The Balaban J connectivity index is 1.78. The van der Waals surface area contributed by atoms with E-state index in [1.807, 2.05) is 0 Å². The summed E-state index contributed by atoms with van der Waals surface area (Å²) in [6.07, 6.45) is -9.21. The van der Waals surface area contributed by atoms with Gasteiger partial charge in [0.25, 0.3) is 5.91 Å². The molecule has 0 saturated heterocycles. The summed E-state index contributed by atoms with van der Waals surface area (Å²) >= 11 is 1.06. The van der Waals surface area contributed by atoms with E-state index in [0.29, 0.717) is 0 Å². The number of hydrogen-bond acceptors (Lipinski definition) is 6. The highest BCUT2D eigenvalue weighted by molar-refractivity contribution is 7.15. The molecule has 0 fully saturated rings. The maximum atomic E-state index is 12.8. The first kappa shape index (κ1) is 19.2. The molecular weight excluding hydrogens is 418 g/mol. The molecule has 0 radical (unpaired) electrons. The Labute approximate surface area is 154 Å². The zero-order valence-electron chi connectivity index (χ0n) is 12.7. The van der Waals surface area contributed by atoms with Crippen molar-refractivity contribution in [1.29, 1.82) is 0 Å². The molecule has 0 aliphatic heterocycles. The number of hydrogen-bond donors (Lipinski definition) is 1. The van der Waals surface area contributed by atoms with Gasteiger partial charge in [-0.25, -0.2) is 4.98 Å². The molecule has 1 amide bonds. The van der Waals surface area contributed by atoms with Gasteiger partial charge in [0, 0.05) is 10.9 Å². The topological polar surface area (TPSA) is 67.8 Å². The number of alkyl halides is 6. The van der Waals surface area contributed by atoms with E-state index in [0.717, 1.165) is 23.5 Å². The predicted molar refractivity (Wildman–Crippen MR) is 85.4 cm³/mol. The van der Waals surface area contributed by atoms with Crippen molar-refractivity contribution < 1.29 is 31.1 Å². The number of aromatic nitrogens is 3. The third-order valence-electron chi connectivity index (χ3n) is 3.06. The zero-order chi connectivity index (χ0) is 19.8. The fourth-order valence-electron chi connectivity index (χ4n) is 1.89. The number of nitrogens with zero attached hydrogens (tertiary/aromatic N) is 3. The van der Waals surface area contributed by atoms with Gasteiger partial charge in [-0.1, -0.05) is 23.5 Å². The number of halogens is 6. The second-order valence-electron chi connectivity index (χ2n) is 4.98. The normalized spacial score (nSPS) is 12.2. The monoisotopic (exact) mass is 424 g/mol. The van der Waals surface area contributed by atoms with Crippen LogP contribution < -0.4 is 5.32 Å². The standard InChI is InChI=1S/C14H6F6N4OS2/c15-13(16,17)7-3-1-2-6(4-7)10-21-8(5-26-10)9(25)22-12-24-23-11(27-12)14(18,19)20/h1-5H,(H,22,24,25). The molecule has 0 bridgehead atoms. The Morgan fingerprint density at radius 3 is 2.41 bits per heavy atom. The minimum Gasteiger partial charge on any atom is -0.295 e. The van der Waals surface area contributed by atoms with Gasteiger partial charge in [-0.15, -0.1) is 21.5 Å². The van der Waals surface area contributed by atoms with E-state index < -0.39 is 28.8 Å². The first-order valence-corrected chi connectivity index (χ1v) is 8.59.